The molecule has 1 aromatic heterocycles. The lowest BCUT2D eigenvalue weighted by Crippen LogP contribution is -2.48. The predicted octanol–water partition coefficient (Wildman–Crippen LogP) is 4.46. The van der Waals surface area contributed by atoms with Gasteiger partial charge in [0.25, 0.3) is 11.6 Å². The van der Waals surface area contributed by atoms with Gasteiger partial charge in [-0.25, -0.2) is 4.98 Å². The predicted molar refractivity (Wildman–Crippen MR) is 120 cm³/mol. The largest absolute Gasteiger partial charge is 0.345 e. The highest BCUT2D eigenvalue weighted by Crippen LogP contribution is 2.32. The number of carbonyl (C=O) groups excluding carboxylic acids is 1. The third-order valence-electron chi connectivity index (χ3n) is 5.41. The van der Waals surface area contributed by atoms with E-state index in [-0.39, 0.29) is 17.0 Å². The second kappa shape index (κ2) is 7.68. The van der Waals surface area contributed by atoms with E-state index < -0.39 is 4.92 Å². The van der Waals surface area contributed by atoms with Gasteiger partial charge in [-0.2, -0.15) is 0 Å². The number of rotatable bonds is 3. The molecule has 156 valence electrons. The smallest absolute Gasteiger partial charge is 0.270 e. The van der Waals surface area contributed by atoms with Crippen LogP contribution in [-0.2, 0) is 5.41 Å². The number of nitro benzene ring substituents is 1. The maximum atomic E-state index is 12.9. The monoisotopic (exact) mass is 424 g/mol. The molecule has 3 aromatic rings. The molecule has 2 heterocycles. The minimum atomic E-state index is -0.392. The van der Waals surface area contributed by atoms with E-state index in [9.17, 15) is 14.9 Å². The van der Waals surface area contributed by atoms with Gasteiger partial charge >= 0.3 is 0 Å². The number of piperazine rings is 1. The molecule has 8 heteroatoms. The topological polar surface area (TPSA) is 79.6 Å². The number of thiazole rings is 1. The normalized spacial score (nSPS) is 14.9. The second-order valence-corrected chi connectivity index (χ2v) is 9.52. The Hall–Kier alpha value is -3.00. The van der Waals surface area contributed by atoms with Crippen LogP contribution in [0.5, 0.6) is 0 Å². The van der Waals surface area contributed by atoms with Gasteiger partial charge in [-0.15, -0.1) is 0 Å². The number of nitrogens with zero attached hydrogens (tertiary/aromatic N) is 4. The van der Waals surface area contributed by atoms with E-state index in [2.05, 4.69) is 30.7 Å². The van der Waals surface area contributed by atoms with Crippen molar-refractivity contribution in [3.8, 4) is 0 Å². The zero-order valence-corrected chi connectivity index (χ0v) is 18.1. The Morgan fingerprint density at radius 1 is 1.07 bits per heavy atom. The van der Waals surface area contributed by atoms with E-state index in [4.69, 9.17) is 0 Å². The lowest BCUT2D eigenvalue weighted by atomic mass is 9.86. The summed E-state index contributed by atoms with van der Waals surface area (Å²) in [5.74, 6) is 0.0510. The molecule has 0 bridgehead atoms. The van der Waals surface area contributed by atoms with Crippen molar-refractivity contribution >= 4 is 38.3 Å². The lowest BCUT2D eigenvalue weighted by molar-refractivity contribution is -0.384. The number of hydrogen-bond acceptors (Lipinski definition) is 6. The van der Waals surface area contributed by atoms with E-state index in [0.717, 1.165) is 15.3 Å². The maximum Gasteiger partial charge on any atom is 0.270 e. The second-order valence-electron chi connectivity index (χ2n) is 8.51. The van der Waals surface area contributed by atoms with Crippen molar-refractivity contribution in [2.24, 2.45) is 0 Å². The van der Waals surface area contributed by atoms with Crippen LogP contribution in [-0.4, -0.2) is 46.9 Å². The van der Waals surface area contributed by atoms with Crippen LogP contribution in [0.2, 0.25) is 0 Å². The van der Waals surface area contributed by atoms with E-state index in [1.54, 1.807) is 12.1 Å². The molecule has 1 amide bonds. The zero-order chi connectivity index (χ0) is 21.5. The minimum absolute atomic E-state index is 0.0510. The molecule has 1 fully saturated rings. The van der Waals surface area contributed by atoms with Gasteiger partial charge in [0.2, 0.25) is 0 Å². The number of benzene rings is 2. The van der Waals surface area contributed by atoms with Gasteiger partial charge < -0.3 is 9.80 Å². The molecule has 0 N–H and O–H groups in total. The summed E-state index contributed by atoms with van der Waals surface area (Å²) in [6.07, 6.45) is 0. The highest BCUT2D eigenvalue weighted by molar-refractivity contribution is 7.22. The van der Waals surface area contributed by atoms with Crippen molar-refractivity contribution in [3.63, 3.8) is 0 Å². The maximum absolute atomic E-state index is 12.9. The summed E-state index contributed by atoms with van der Waals surface area (Å²) in [5.41, 5.74) is 2.82. The van der Waals surface area contributed by atoms with Crippen LogP contribution in [0.1, 0.15) is 36.7 Å². The first-order valence-corrected chi connectivity index (χ1v) is 10.7. The molecule has 7 nitrogen and oxygen atoms in total. The molecular weight excluding hydrogens is 400 g/mol. The number of fused-ring (bicyclic) bond motifs is 1. The third-order valence-corrected chi connectivity index (χ3v) is 6.49. The van der Waals surface area contributed by atoms with Gasteiger partial charge in [0.05, 0.1) is 15.1 Å². The summed E-state index contributed by atoms with van der Waals surface area (Å²) in [6, 6.07) is 12.6. The molecule has 1 aliphatic rings. The number of anilines is 1. The SMILES string of the molecule is CC(C)(C)c1ccc(C(=O)N2CCN(c3nc4ccc([N+](=O)[O-])cc4s3)CC2)cc1. The molecule has 4 rings (SSSR count). The molecule has 0 aliphatic carbocycles. The summed E-state index contributed by atoms with van der Waals surface area (Å²) >= 11 is 1.45. The Morgan fingerprint density at radius 3 is 2.33 bits per heavy atom. The van der Waals surface area contributed by atoms with Crippen LogP contribution in [0.15, 0.2) is 42.5 Å². The van der Waals surface area contributed by atoms with Crippen LogP contribution < -0.4 is 4.90 Å². The molecular formula is C22H24N4O3S. The average molecular weight is 425 g/mol. The fourth-order valence-corrected chi connectivity index (χ4v) is 4.60. The van der Waals surface area contributed by atoms with E-state index in [1.807, 2.05) is 29.2 Å². The Morgan fingerprint density at radius 2 is 1.73 bits per heavy atom. The van der Waals surface area contributed by atoms with Crippen molar-refractivity contribution < 1.29 is 9.72 Å². The highest BCUT2D eigenvalue weighted by atomic mass is 32.1. The minimum Gasteiger partial charge on any atom is -0.345 e. The summed E-state index contributed by atoms with van der Waals surface area (Å²) in [4.78, 5) is 32.1. The third kappa shape index (κ3) is 4.00. The Kier molecular flexibility index (Phi) is 5.19. The van der Waals surface area contributed by atoms with Gasteiger partial charge in [0.1, 0.15) is 0 Å². The Balaban J connectivity index is 1.43. The number of aromatic nitrogens is 1. The van der Waals surface area contributed by atoms with Crippen LogP contribution in [0.25, 0.3) is 10.2 Å². The van der Waals surface area contributed by atoms with E-state index in [0.29, 0.717) is 31.7 Å². The number of nitro groups is 1. The quantitative estimate of drug-likeness (QED) is 0.458. The molecule has 0 unspecified atom stereocenters. The lowest BCUT2D eigenvalue weighted by Gasteiger charge is -2.34. The molecule has 2 aromatic carbocycles. The summed E-state index contributed by atoms with van der Waals surface area (Å²) in [5, 5.41) is 11.8. The first-order chi connectivity index (χ1) is 14.2. The molecule has 0 atom stereocenters. The zero-order valence-electron chi connectivity index (χ0n) is 17.3. The van der Waals surface area contributed by atoms with Crippen LogP contribution in [0.4, 0.5) is 10.8 Å². The molecule has 0 spiro atoms. The van der Waals surface area contributed by atoms with E-state index in [1.165, 1.54) is 23.0 Å². The fraction of sp³-hybridized carbons (Fsp3) is 0.364. The fourth-order valence-electron chi connectivity index (χ4n) is 3.55. The van der Waals surface area contributed by atoms with Gasteiger partial charge in [-0.05, 0) is 29.2 Å². The first kappa shape index (κ1) is 20.3. The number of carbonyl (C=O) groups is 1. The molecule has 30 heavy (non-hydrogen) atoms. The van der Waals surface area contributed by atoms with Gasteiger partial charge in [0, 0.05) is 43.9 Å². The highest BCUT2D eigenvalue weighted by Gasteiger charge is 2.24. The average Bonchev–Trinajstić information content (AvgIpc) is 3.16. The number of amides is 1. The van der Waals surface area contributed by atoms with Crippen molar-refractivity contribution in [1.29, 1.82) is 0 Å². The van der Waals surface area contributed by atoms with Gasteiger partial charge in [0.15, 0.2) is 5.13 Å². The first-order valence-electron chi connectivity index (χ1n) is 9.92. The molecule has 1 saturated heterocycles. The molecule has 0 radical (unpaired) electrons. The van der Waals surface area contributed by atoms with E-state index >= 15 is 0 Å². The summed E-state index contributed by atoms with van der Waals surface area (Å²) in [7, 11) is 0. The van der Waals surface area contributed by atoms with Crippen molar-refractivity contribution in [2.75, 3.05) is 31.1 Å². The molecule has 1 aliphatic heterocycles. The molecule has 0 saturated carbocycles. The van der Waals surface area contributed by atoms with Crippen molar-refractivity contribution in [1.82, 2.24) is 9.88 Å². The van der Waals surface area contributed by atoms with Crippen molar-refractivity contribution in [3.05, 3.63) is 63.7 Å². The van der Waals surface area contributed by atoms with Crippen LogP contribution in [0, 0.1) is 10.1 Å². The standard InChI is InChI=1S/C22H24N4O3S/c1-22(2,3)16-6-4-15(5-7-16)20(27)24-10-12-25(13-11-24)21-23-18-9-8-17(26(28)29)14-19(18)30-21/h4-9,14H,10-13H2,1-3H3. The number of non-ortho nitro benzene ring substituents is 1. The van der Waals surface area contributed by atoms with Crippen LogP contribution >= 0.6 is 11.3 Å². The Labute approximate surface area is 179 Å². The van der Waals surface area contributed by atoms with Gasteiger partial charge in [-0.1, -0.05) is 44.2 Å². The van der Waals surface area contributed by atoms with Crippen molar-refractivity contribution in [2.45, 2.75) is 26.2 Å². The Bertz CT molecular complexity index is 1090. The number of hydrogen-bond donors (Lipinski definition) is 0. The summed E-state index contributed by atoms with van der Waals surface area (Å²) < 4.78 is 0.802. The summed E-state index contributed by atoms with van der Waals surface area (Å²) in [6.45, 7) is 9.09. The van der Waals surface area contributed by atoms with Gasteiger partial charge in [-0.3, -0.25) is 14.9 Å². The van der Waals surface area contributed by atoms with Crippen LogP contribution in [0.3, 0.4) is 0 Å².